The van der Waals surface area contributed by atoms with Crippen LogP contribution in [0.15, 0.2) is 0 Å². The Balaban J connectivity index is 2.01. The molecule has 0 aliphatic carbocycles. The van der Waals surface area contributed by atoms with Crippen molar-refractivity contribution in [2.75, 3.05) is 18.1 Å². The van der Waals surface area contributed by atoms with Gasteiger partial charge in [0.2, 0.25) is 0 Å². The number of carboxylic acid groups (broad SMARTS) is 1. The van der Waals surface area contributed by atoms with Gasteiger partial charge >= 0.3 is 12.0 Å². The normalized spacial score (nSPS) is 20.9. The molecule has 6 heteroatoms. The van der Waals surface area contributed by atoms with Gasteiger partial charge in [-0.15, -0.1) is 0 Å². The molecule has 0 aromatic heterocycles. The first kappa shape index (κ1) is 14.2. The quantitative estimate of drug-likeness (QED) is 0.629. The van der Waals surface area contributed by atoms with E-state index in [-0.39, 0.29) is 18.0 Å². The fraction of sp³-hybridized carbons (Fsp3) is 0.818. The first-order valence-corrected chi connectivity index (χ1v) is 7.10. The number of urea groups is 1. The minimum Gasteiger partial charge on any atom is -0.481 e. The Morgan fingerprint density at radius 1 is 1.53 bits per heavy atom. The van der Waals surface area contributed by atoms with E-state index in [2.05, 4.69) is 10.6 Å². The number of carbonyl (C=O) groups is 2. The molecule has 1 rings (SSSR count). The number of hydrogen-bond acceptors (Lipinski definition) is 3. The second kappa shape index (κ2) is 7.42. The molecule has 1 heterocycles. The lowest BCUT2D eigenvalue weighted by atomic mass is 10.1. The average Bonchev–Trinajstić information content (AvgIpc) is 2.76. The molecule has 2 amide bonds. The average molecular weight is 260 g/mol. The zero-order valence-electron chi connectivity index (χ0n) is 10.1. The highest BCUT2D eigenvalue weighted by Crippen LogP contribution is 2.16. The first-order valence-electron chi connectivity index (χ1n) is 5.94. The lowest BCUT2D eigenvalue weighted by molar-refractivity contribution is -0.141. The smallest absolute Gasteiger partial charge is 0.315 e. The van der Waals surface area contributed by atoms with Crippen molar-refractivity contribution < 1.29 is 14.7 Å². The third kappa shape index (κ3) is 5.81. The largest absolute Gasteiger partial charge is 0.481 e. The summed E-state index contributed by atoms with van der Waals surface area (Å²) in [6.45, 7) is 2.21. The third-order valence-electron chi connectivity index (χ3n) is 2.79. The van der Waals surface area contributed by atoms with Crippen LogP contribution in [-0.2, 0) is 4.79 Å². The summed E-state index contributed by atoms with van der Waals surface area (Å²) in [5.41, 5.74) is 0. The summed E-state index contributed by atoms with van der Waals surface area (Å²) in [4.78, 5) is 22.0. The zero-order valence-corrected chi connectivity index (χ0v) is 10.9. The second-order valence-electron chi connectivity index (χ2n) is 4.34. The molecule has 1 aliphatic rings. The van der Waals surface area contributed by atoms with E-state index in [1.165, 1.54) is 0 Å². The number of hydrogen-bond donors (Lipinski definition) is 3. The van der Waals surface area contributed by atoms with E-state index in [0.717, 1.165) is 17.9 Å². The summed E-state index contributed by atoms with van der Waals surface area (Å²) in [5.74, 6) is 0.980. The van der Waals surface area contributed by atoms with Gasteiger partial charge in [-0.1, -0.05) is 6.92 Å². The molecular formula is C11H20N2O3S. The van der Waals surface area contributed by atoms with Crippen LogP contribution >= 0.6 is 11.8 Å². The Bertz CT molecular complexity index is 267. The van der Waals surface area contributed by atoms with Gasteiger partial charge < -0.3 is 15.7 Å². The number of thioether (sulfide) groups is 1. The van der Waals surface area contributed by atoms with Gasteiger partial charge in [-0.25, -0.2) is 4.79 Å². The Labute approximate surface area is 106 Å². The molecule has 1 fully saturated rings. The number of amides is 2. The van der Waals surface area contributed by atoms with Crippen LogP contribution in [0.5, 0.6) is 0 Å². The van der Waals surface area contributed by atoms with Crippen molar-refractivity contribution >= 4 is 23.8 Å². The molecule has 2 atom stereocenters. The number of aliphatic carboxylic acids is 1. The van der Waals surface area contributed by atoms with Crippen LogP contribution in [0, 0.1) is 5.92 Å². The fourth-order valence-electron chi connectivity index (χ4n) is 1.62. The molecular weight excluding hydrogens is 240 g/mol. The maximum absolute atomic E-state index is 11.4. The second-order valence-corrected chi connectivity index (χ2v) is 5.49. The number of rotatable bonds is 6. The van der Waals surface area contributed by atoms with Crippen molar-refractivity contribution in [2.24, 2.45) is 5.92 Å². The predicted molar refractivity (Wildman–Crippen MR) is 68.3 cm³/mol. The molecule has 98 valence electrons. The molecule has 3 N–H and O–H groups in total. The molecule has 0 spiro atoms. The van der Waals surface area contributed by atoms with E-state index in [4.69, 9.17) is 5.11 Å². The molecule has 0 saturated carbocycles. The van der Waals surface area contributed by atoms with Gasteiger partial charge in [-0.3, -0.25) is 4.79 Å². The van der Waals surface area contributed by atoms with Crippen LogP contribution in [0.2, 0.25) is 0 Å². The maximum Gasteiger partial charge on any atom is 0.315 e. The minimum absolute atomic E-state index is 0.138. The molecule has 1 saturated heterocycles. The summed E-state index contributed by atoms with van der Waals surface area (Å²) in [7, 11) is 0. The molecule has 0 radical (unpaired) electrons. The van der Waals surface area contributed by atoms with Crippen molar-refractivity contribution in [3.8, 4) is 0 Å². The van der Waals surface area contributed by atoms with Gasteiger partial charge in [0, 0.05) is 18.3 Å². The fourth-order valence-corrected chi connectivity index (χ4v) is 2.77. The Kier molecular flexibility index (Phi) is 6.18. The molecule has 1 aliphatic heterocycles. The first-order chi connectivity index (χ1) is 8.09. The SMILES string of the molecule is CC(CCCNC(=O)NC1CCSC1)C(=O)O. The maximum atomic E-state index is 11.4. The van der Waals surface area contributed by atoms with Gasteiger partial charge in [0.1, 0.15) is 0 Å². The summed E-state index contributed by atoms with van der Waals surface area (Å²) < 4.78 is 0. The van der Waals surface area contributed by atoms with Crippen molar-refractivity contribution in [1.29, 1.82) is 0 Å². The van der Waals surface area contributed by atoms with E-state index in [1.54, 1.807) is 6.92 Å². The predicted octanol–water partition coefficient (Wildman–Crippen LogP) is 1.29. The molecule has 0 bridgehead atoms. The zero-order chi connectivity index (χ0) is 12.7. The molecule has 5 nitrogen and oxygen atoms in total. The van der Waals surface area contributed by atoms with Crippen LogP contribution in [0.4, 0.5) is 4.79 Å². The molecule has 17 heavy (non-hydrogen) atoms. The van der Waals surface area contributed by atoms with Crippen molar-refractivity contribution in [3.63, 3.8) is 0 Å². The minimum atomic E-state index is -0.780. The van der Waals surface area contributed by atoms with E-state index in [9.17, 15) is 9.59 Å². The summed E-state index contributed by atoms with van der Waals surface area (Å²) in [5, 5.41) is 14.3. The van der Waals surface area contributed by atoms with Crippen LogP contribution < -0.4 is 10.6 Å². The summed E-state index contributed by atoms with van der Waals surface area (Å²) >= 11 is 1.85. The van der Waals surface area contributed by atoms with Crippen LogP contribution in [0.25, 0.3) is 0 Å². The lowest BCUT2D eigenvalue weighted by Crippen LogP contribution is -2.42. The highest BCUT2D eigenvalue weighted by atomic mass is 32.2. The topological polar surface area (TPSA) is 78.4 Å². The van der Waals surface area contributed by atoms with Crippen LogP contribution in [-0.4, -0.2) is 41.2 Å². The lowest BCUT2D eigenvalue weighted by Gasteiger charge is -2.12. The summed E-state index contributed by atoms with van der Waals surface area (Å²) in [6.07, 6.45) is 2.32. The van der Waals surface area contributed by atoms with Gasteiger partial charge in [-0.05, 0) is 25.0 Å². The van der Waals surface area contributed by atoms with Gasteiger partial charge in [-0.2, -0.15) is 11.8 Å². The van der Waals surface area contributed by atoms with Crippen molar-refractivity contribution in [3.05, 3.63) is 0 Å². The van der Waals surface area contributed by atoms with E-state index in [1.807, 2.05) is 11.8 Å². The Hall–Kier alpha value is -0.910. The number of nitrogens with one attached hydrogen (secondary N) is 2. The number of carbonyl (C=O) groups excluding carboxylic acids is 1. The van der Waals surface area contributed by atoms with E-state index in [0.29, 0.717) is 19.4 Å². The van der Waals surface area contributed by atoms with Gasteiger partial charge in [0.25, 0.3) is 0 Å². The monoisotopic (exact) mass is 260 g/mol. The Morgan fingerprint density at radius 2 is 2.29 bits per heavy atom. The summed E-state index contributed by atoms with van der Waals surface area (Å²) in [6, 6.07) is 0.151. The van der Waals surface area contributed by atoms with Crippen LogP contribution in [0.3, 0.4) is 0 Å². The highest BCUT2D eigenvalue weighted by molar-refractivity contribution is 7.99. The van der Waals surface area contributed by atoms with Crippen LogP contribution in [0.1, 0.15) is 26.2 Å². The Morgan fingerprint density at radius 3 is 2.88 bits per heavy atom. The van der Waals surface area contributed by atoms with Gasteiger partial charge in [0.05, 0.1) is 5.92 Å². The standard InChI is InChI=1S/C11H20N2O3S/c1-8(10(14)15)3-2-5-12-11(16)13-9-4-6-17-7-9/h8-9H,2-7H2,1H3,(H,14,15)(H2,12,13,16). The molecule has 0 aromatic carbocycles. The third-order valence-corrected chi connectivity index (χ3v) is 3.95. The van der Waals surface area contributed by atoms with Crippen molar-refractivity contribution in [2.45, 2.75) is 32.2 Å². The van der Waals surface area contributed by atoms with Crippen molar-refractivity contribution in [1.82, 2.24) is 10.6 Å². The van der Waals surface area contributed by atoms with E-state index >= 15 is 0 Å². The highest BCUT2D eigenvalue weighted by Gasteiger charge is 2.17. The van der Waals surface area contributed by atoms with E-state index < -0.39 is 5.97 Å². The molecule has 0 aromatic rings. The number of carboxylic acids is 1. The molecule has 2 unspecified atom stereocenters. The van der Waals surface area contributed by atoms with Gasteiger partial charge in [0.15, 0.2) is 0 Å².